The van der Waals surface area contributed by atoms with E-state index in [2.05, 4.69) is 6.92 Å². The summed E-state index contributed by atoms with van der Waals surface area (Å²) in [4.78, 5) is 10.7. The summed E-state index contributed by atoms with van der Waals surface area (Å²) >= 11 is 0. The molecule has 0 fully saturated rings. The Labute approximate surface area is 105 Å². The van der Waals surface area contributed by atoms with Crippen molar-refractivity contribution in [1.82, 2.24) is 0 Å². The maximum absolute atomic E-state index is 10.7. The van der Waals surface area contributed by atoms with E-state index in [0.29, 0.717) is 0 Å². The van der Waals surface area contributed by atoms with E-state index in [4.69, 9.17) is 5.11 Å². The third-order valence-corrected chi connectivity index (χ3v) is 2.14. The number of aliphatic carboxylic acids is 1. The molecule has 2 nitrogen and oxygen atoms in total. The molecule has 1 unspecified atom stereocenters. The molecule has 0 saturated carbocycles. The first-order valence-corrected chi connectivity index (χ1v) is 4.95. The SMILES string of the molecule is CCCCCC(CCC)C(=O)O.[H-].[Na+]. The van der Waals surface area contributed by atoms with Crippen LogP contribution in [0.3, 0.4) is 0 Å². The van der Waals surface area contributed by atoms with E-state index in [1.165, 1.54) is 6.42 Å². The summed E-state index contributed by atoms with van der Waals surface area (Å²) in [5, 5.41) is 8.80. The van der Waals surface area contributed by atoms with Crippen LogP contribution in [0.5, 0.6) is 0 Å². The van der Waals surface area contributed by atoms with E-state index in [0.717, 1.165) is 32.1 Å². The van der Waals surface area contributed by atoms with Gasteiger partial charge in [-0.25, -0.2) is 0 Å². The molecular weight excluding hydrogens is 175 g/mol. The van der Waals surface area contributed by atoms with Gasteiger partial charge in [0.15, 0.2) is 0 Å². The van der Waals surface area contributed by atoms with Crippen molar-refractivity contribution in [3.05, 3.63) is 0 Å². The van der Waals surface area contributed by atoms with Crippen LogP contribution >= 0.6 is 0 Å². The first-order valence-electron chi connectivity index (χ1n) is 4.95. The van der Waals surface area contributed by atoms with Crippen molar-refractivity contribution < 1.29 is 40.9 Å². The fourth-order valence-electron chi connectivity index (χ4n) is 1.38. The van der Waals surface area contributed by atoms with Crippen molar-refractivity contribution in [3.8, 4) is 0 Å². The molecule has 0 aliphatic heterocycles. The molecule has 0 spiro atoms. The molecule has 0 aliphatic carbocycles. The average molecular weight is 196 g/mol. The van der Waals surface area contributed by atoms with Gasteiger partial charge >= 0.3 is 35.5 Å². The summed E-state index contributed by atoms with van der Waals surface area (Å²) in [6.45, 7) is 4.17. The monoisotopic (exact) mass is 196 g/mol. The third-order valence-electron chi connectivity index (χ3n) is 2.14. The van der Waals surface area contributed by atoms with Crippen LogP contribution in [-0.4, -0.2) is 11.1 Å². The summed E-state index contributed by atoms with van der Waals surface area (Å²) < 4.78 is 0. The van der Waals surface area contributed by atoms with Crippen molar-refractivity contribution >= 4 is 5.97 Å². The number of hydrogen-bond acceptors (Lipinski definition) is 1. The normalized spacial score (nSPS) is 11.8. The fraction of sp³-hybridized carbons (Fsp3) is 0.900. The minimum Gasteiger partial charge on any atom is -1.00 e. The summed E-state index contributed by atoms with van der Waals surface area (Å²) in [6, 6.07) is 0. The van der Waals surface area contributed by atoms with E-state index >= 15 is 0 Å². The van der Waals surface area contributed by atoms with Gasteiger partial charge in [-0.1, -0.05) is 39.5 Å². The Morgan fingerprint density at radius 3 is 2.23 bits per heavy atom. The summed E-state index contributed by atoms with van der Waals surface area (Å²) in [7, 11) is 0. The second-order valence-corrected chi connectivity index (χ2v) is 3.32. The van der Waals surface area contributed by atoms with Crippen LogP contribution in [0.4, 0.5) is 0 Å². The molecule has 3 heteroatoms. The molecular formula is C10H21NaO2. The molecule has 0 rings (SSSR count). The Morgan fingerprint density at radius 2 is 1.85 bits per heavy atom. The van der Waals surface area contributed by atoms with E-state index in [1.807, 2.05) is 6.92 Å². The van der Waals surface area contributed by atoms with E-state index in [1.54, 1.807) is 0 Å². The maximum Gasteiger partial charge on any atom is 1.00 e. The van der Waals surface area contributed by atoms with E-state index < -0.39 is 5.97 Å². The van der Waals surface area contributed by atoms with Crippen molar-refractivity contribution in [2.24, 2.45) is 5.92 Å². The number of rotatable bonds is 7. The molecule has 0 bridgehead atoms. The van der Waals surface area contributed by atoms with Gasteiger partial charge in [-0.2, -0.15) is 0 Å². The number of hydrogen-bond donors (Lipinski definition) is 1. The van der Waals surface area contributed by atoms with Crippen molar-refractivity contribution in [2.45, 2.75) is 52.4 Å². The Balaban J connectivity index is -0.000000605. The molecule has 0 aromatic heterocycles. The van der Waals surface area contributed by atoms with Gasteiger partial charge in [-0.3, -0.25) is 4.79 Å². The molecule has 0 radical (unpaired) electrons. The van der Waals surface area contributed by atoms with Gasteiger partial charge in [0.2, 0.25) is 0 Å². The number of carbonyl (C=O) groups is 1. The smallest absolute Gasteiger partial charge is 1.00 e. The molecule has 0 saturated heterocycles. The quantitative estimate of drug-likeness (QED) is 0.466. The van der Waals surface area contributed by atoms with E-state index in [-0.39, 0.29) is 36.9 Å². The largest absolute Gasteiger partial charge is 1.00 e. The topological polar surface area (TPSA) is 37.3 Å². The van der Waals surface area contributed by atoms with Gasteiger partial charge in [-0.05, 0) is 12.8 Å². The van der Waals surface area contributed by atoms with Crippen molar-refractivity contribution in [1.29, 1.82) is 0 Å². The zero-order chi connectivity index (χ0) is 9.40. The van der Waals surface area contributed by atoms with Crippen LogP contribution < -0.4 is 29.6 Å². The van der Waals surface area contributed by atoms with Crippen LogP contribution in [0.15, 0.2) is 0 Å². The zero-order valence-corrected chi connectivity index (χ0v) is 11.2. The van der Waals surface area contributed by atoms with E-state index in [9.17, 15) is 4.79 Å². The van der Waals surface area contributed by atoms with Gasteiger partial charge in [0.25, 0.3) is 0 Å². The number of carboxylic acid groups (broad SMARTS) is 1. The molecule has 1 atom stereocenters. The summed E-state index contributed by atoms with van der Waals surface area (Å²) in [5.41, 5.74) is 0. The number of unbranched alkanes of at least 4 members (excludes halogenated alkanes) is 2. The molecule has 0 amide bonds. The van der Waals surface area contributed by atoms with Crippen molar-refractivity contribution in [3.63, 3.8) is 0 Å². The van der Waals surface area contributed by atoms with Crippen LogP contribution in [0.25, 0.3) is 0 Å². The first kappa shape index (κ1) is 15.9. The first-order chi connectivity index (χ1) is 5.72. The maximum atomic E-state index is 10.7. The minimum absolute atomic E-state index is 0. The van der Waals surface area contributed by atoms with Gasteiger partial charge < -0.3 is 6.53 Å². The Morgan fingerprint density at radius 1 is 1.23 bits per heavy atom. The molecule has 0 heterocycles. The third kappa shape index (κ3) is 8.79. The number of carboxylic acids is 1. The molecule has 0 aliphatic rings. The van der Waals surface area contributed by atoms with Gasteiger partial charge in [0, 0.05) is 0 Å². The minimum atomic E-state index is -0.618. The molecule has 13 heavy (non-hydrogen) atoms. The molecule has 74 valence electrons. The summed E-state index contributed by atoms with van der Waals surface area (Å²) in [5.74, 6) is -0.713. The second kappa shape index (κ2) is 10.6. The standard InChI is InChI=1S/C10H20O2.Na.H/c1-3-5-6-8-9(7-4-2)10(11)12;;/h9H,3-8H2,1-2H3,(H,11,12);;/q;+1;-1. The van der Waals surface area contributed by atoms with Gasteiger partial charge in [0.1, 0.15) is 0 Å². The zero-order valence-electron chi connectivity index (χ0n) is 10.2. The predicted octanol–water partition coefficient (Wildman–Crippen LogP) is 0.184. The van der Waals surface area contributed by atoms with Crippen LogP contribution in [0.1, 0.15) is 53.8 Å². The van der Waals surface area contributed by atoms with Crippen molar-refractivity contribution in [2.75, 3.05) is 0 Å². The van der Waals surface area contributed by atoms with Crippen LogP contribution in [0.2, 0.25) is 0 Å². The molecule has 0 aromatic carbocycles. The fourth-order valence-corrected chi connectivity index (χ4v) is 1.38. The summed E-state index contributed by atoms with van der Waals surface area (Å²) in [6.07, 6.45) is 6.05. The molecule has 1 N–H and O–H groups in total. The second-order valence-electron chi connectivity index (χ2n) is 3.32. The van der Waals surface area contributed by atoms with Gasteiger partial charge in [-0.15, -0.1) is 0 Å². The molecule has 0 aromatic rings. The van der Waals surface area contributed by atoms with Crippen LogP contribution in [-0.2, 0) is 4.79 Å². The Kier molecular flexibility index (Phi) is 12.9. The van der Waals surface area contributed by atoms with Crippen LogP contribution in [0, 0.1) is 5.92 Å². The Hall–Kier alpha value is 0.470. The predicted molar refractivity (Wildman–Crippen MR) is 51.3 cm³/mol. The average Bonchev–Trinajstić information content (AvgIpc) is 2.03. The Bertz CT molecular complexity index is 131. The van der Waals surface area contributed by atoms with Gasteiger partial charge in [0.05, 0.1) is 5.92 Å².